The van der Waals surface area contributed by atoms with E-state index in [2.05, 4.69) is 32.5 Å². The van der Waals surface area contributed by atoms with Crippen LogP contribution in [0.3, 0.4) is 0 Å². The fourth-order valence-corrected chi connectivity index (χ4v) is 3.46. The molecule has 1 heteroatoms. The third kappa shape index (κ3) is 18.4. The quantitative estimate of drug-likeness (QED) is 0.264. The SMILES string of the molecule is CCCCCCCCCCCCCCCCSC(C)C. The Hall–Kier alpha value is 0.350. The zero-order valence-corrected chi connectivity index (χ0v) is 15.4. The summed E-state index contributed by atoms with van der Waals surface area (Å²) in [4.78, 5) is 0. The van der Waals surface area contributed by atoms with Gasteiger partial charge in [0, 0.05) is 0 Å². The molecule has 0 radical (unpaired) electrons. The monoisotopic (exact) mass is 300 g/mol. The normalized spacial score (nSPS) is 11.4. The molecule has 0 aliphatic heterocycles. The van der Waals surface area contributed by atoms with Crippen molar-refractivity contribution in [2.45, 2.75) is 116 Å². The van der Waals surface area contributed by atoms with Gasteiger partial charge >= 0.3 is 0 Å². The van der Waals surface area contributed by atoms with Crippen LogP contribution >= 0.6 is 11.8 Å². The molecule has 0 aromatic rings. The van der Waals surface area contributed by atoms with E-state index < -0.39 is 0 Å². The van der Waals surface area contributed by atoms with Crippen LogP contribution in [0.15, 0.2) is 0 Å². The predicted molar refractivity (Wildman–Crippen MR) is 97.9 cm³/mol. The Morgan fingerprint density at radius 3 is 1.25 bits per heavy atom. The van der Waals surface area contributed by atoms with E-state index in [4.69, 9.17) is 0 Å². The van der Waals surface area contributed by atoms with Crippen molar-refractivity contribution >= 4 is 11.8 Å². The van der Waals surface area contributed by atoms with E-state index in [1.54, 1.807) is 0 Å². The smallest absolute Gasteiger partial charge is 0.000968 e. The second-order valence-corrected chi connectivity index (χ2v) is 8.20. The van der Waals surface area contributed by atoms with Crippen LogP contribution < -0.4 is 0 Å². The van der Waals surface area contributed by atoms with Crippen molar-refractivity contribution in [3.05, 3.63) is 0 Å². The highest BCUT2D eigenvalue weighted by Crippen LogP contribution is 2.15. The Kier molecular flexibility index (Phi) is 17.7. The van der Waals surface area contributed by atoms with E-state index in [9.17, 15) is 0 Å². The van der Waals surface area contributed by atoms with Crippen molar-refractivity contribution < 1.29 is 0 Å². The molecule has 0 saturated carbocycles. The minimum Gasteiger partial charge on any atom is -0.159 e. The molecule has 0 unspecified atom stereocenters. The molecule has 0 aliphatic rings. The molecule has 0 rings (SSSR count). The largest absolute Gasteiger partial charge is 0.159 e. The van der Waals surface area contributed by atoms with Gasteiger partial charge in [-0.25, -0.2) is 0 Å². The maximum absolute atomic E-state index is 2.30. The summed E-state index contributed by atoms with van der Waals surface area (Å²) in [5.41, 5.74) is 0. The van der Waals surface area contributed by atoms with Gasteiger partial charge in [-0.05, 0) is 17.4 Å². The highest BCUT2D eigenvalue weighted by atomic mass is 32.2. The minimum absolute atomic E-state index is 0.817. The van der Waals surface area contributed by atoms with E-state index in [1.807, 2.05) is 0 Å². The van der Waals surface area contributed by atoms with E-state index >= 15 is 0 Å². The molecule has 0 aromatic carbocycles. The van der Waals surface area contributed by atoms with E-state index in [0.29, 0.717) is 0 Å². The number of hydrogen-bond acceptors (Lipinski definition) is 1. The fourth-order valence-electron chi connectivity index (χ4n) is 2.62. The molecule has 0 heterocycles. The standard InChI is InChI=1S/C19H40S/c1-4-5-6-7-8-9-10-11-12-13-14-15-16-17-18-20-19(2)3/h19H,4-18H2,1-3H3. The number of unbranched alkanes of at least 4 members (excludes halogenated alkanes) is 13. The van der Waals surface area contributed by atoms with E-state index in [0.717, 1.165) is 5.25 Å². The Balaban J connectivity index is 2.92. The lowest BCUT2D eigenvalue weighted by atomic mass is 10.0. The third-order valence-electron chi connectivity index (χ3n) is 3.95. The average Bonchev–Trinajstić information content (AvgIpc) is 2.43. The first kappa shape index (κ1) is 20.3. The van der Waals surface area contributed by atoms with Gasteiger partial charge in [0.05, 0.1) is 0 Å². The van der Waals surface area contributed by atoms with Crippen LogP contribution in [0.2, 0.25) is 0 Å². The van der Waals surface area contributed by atoms with Crippen LogP contribution in [0.25, 0.3) is 0 Å². The van der Waals surface area contributed by atoms with Gasteiger partial charge in [0.25, 0.3) is 0 Å². The van der Waals surface area contributed by atoms with Gasteiger partial charge in [-0.15, -0.1) is 0 Å². The molecule has 0 amide bonds. The molecular formula is C19H40S. The van der Waals surface area contributed by atoms with E-state index in [-0.39, 0.29) is 0 Å². The lowest BCUT2D eigenvalue weighted by Gasteiger charge is -2.05. The lowest BCUT2D eigenvalue weighted by Crippen LogP contribution is -1.90. The molecule has 0 fully saturated rings. The van der Waals surface area contributed by atoms with Crippen molar-refractivity contribution in [3.63, 3.8) is 0 Å². The molecule has 0 saturated heterocycles. The first-order valence-corrected chi connectivity index (χ1v) is 10.4. The first-order chi connectivity index (χ1) is 9.77. The molecule has 0 nitrogen and oxygen atoms in total. The average molecular weight is 301 g/mol. The summed E-state index contributed by atoms with van der Waals surface area (Å²) in [5, 5.41) is 0.817. The molecule has 0 N–H and O–H groups in total. The van der Waals surface area contributed by atoms with Gasteiger partial charge in [-0.1, -0.05) is 104 Å². The number of thioether (sulfide) groups is 1. The Morgan fingerprint density at radius 2 is 0.900 bits per heavy atom. The Labute approximate surface area is 133 Å². The molecule has 0 aliphatic carbocycles. The van der Waals surface area contributed by atoms with Gasteiger partial charge in [0.2, 0.25) is 0 Å². The van der Waals surface area contributed by atoms with Crippen LogP contribution in [0.5, 0.6) is 0 Å². The first-order valence-electron chi connectivity index (χ1n) is 9.39. The predicted octanol–water partition coefficient (Wildman–Crippen LogP) is 7.61. The molecule has 20 heavy (non-hydrogen) atoms. The topological polar surface area (TPSA) is 0 Å². The maximum atomic E-state index is 2.30. The number of hydrogen-bond donors (Lipinski definition) is 0. The van der Waals surface area contributed by atoms with Gasteiger partial charge in [-0.3, -0.25) is 0 Å². The summed E-state index contributed by atoms with van der Waals surface area (Å²) in [6.07, 6.45) is 20.5. The summed E-state index contributed by atoms with van der Waals surface area (Å²) in [6, 6.07) is 0. The molecule has 0 aromatic heterocycles. The second kappa shape index (κ2) is 17.4. The highest BCUT2D eigenvalue weighted by molar-refractivity contribution is 7.99. The van der Waals surface area contributed by atoms with Gasteiger partial charge in [0.15, 0.2) is 0 Å². The molecule has 0 atom stereocenters. The second-order valence-electron chi connectivity index (χ2n) is 6.52. The Morgan fingerprint density at radius 1 is 0.550 bits per heavy atom. The van der Waals surface area contributed by atoms with Gasteiger partial charge < -0.3 is 0 Å². The minimum atomic E-state index is 0.817. The van der Waals surface area contributed by atoms with Crippen LogP contribution in [0, 0.1) is 0 Å². The summed E-state index contributed by atoms with van der Waals surface area (Å²) in [5.74, 6) is 1.37. The maximum Gasteiger partial charge on any atom is -0.000968 e. The fraction of sp³-hybridized carbons (Fsp3) is 1.00. The number of rotatable bonds is 16. The van der Waals surface area contributed by atoms with Gasteiger partial charge in [0.1, 0.15) is 0 Å². The molecule has 122 valence electrons. The third-order valence-corrected chi connectivity index (χ3v) is 5.14. The van der Waals surface area contributed by atoms with Crippen LogP contribution in [-0.2, 0) is 0 Å². The van der Waals surface area contributed by atoms with Crippen molar-refractivity contribution in [1.82, 2.24) is 0 Å². The van der Waals surface area contributed by atoms with Crippen LogP contribution in [0.4, 0.5) is 0 Å². The molecular weight excluding hydrogens is 260 g/mol. The summed E-state index contributed by atoms with van der Waals surface area (Å²) in [6.45, 7) is 6.89. The summed E-state index contributed by atoms with van der Waals surface area (Å²) >= 11 is 2.12. The molecule has 0 spiro atoms. The molecule has 0 bridgehead atoms. The van der Waals surface area contributed by atoms with Crippen LogP contribution in [0.1, 0.15) is 111 Å². The Bertz CT molecular complexity index is 165. The zero-order chi connectivity index (χ0) is 14.9. The van der Waals surface area contributed by atoms with Crippen molar-refractivity contribution in [3.8, 4) is 0 Å². The van der Waals surface area contributed by atoms with Crippen molar-refractivity contribution in [2.24, 2.45) is 0 Å². The van der Waals surface area contributed by atoms with Crippen LogP contribution in [-0.4, -0.2) is 11.0 Å². The highest BCUT2D eigenvalue weighted by Gasteiger charge is 1.95. The zero-order valence-electron chi connectivity index (χ0n) is 14.6. The van der Waals surface area contributed by atoms with E-state index in [1.165, 1.54) is 95.6 Å². The summed E-state index contributed by atoms with van der Waals surface area (Å²) in [7, 11) is 0. The lowest BCUT2D eigenvalue weighted by molar-refractivity contribution is 0.538. The van der Waals surface area contributed by atoms with Crippen molar-refractivity contribution in [2.75, 3.05) is 5.75 Å². The van der Waals surface area contributed by atoms with Crippen molar-refractivity contribution in [1.29, 1.82) is 0 Å². The summed E-state index contributed by atoms with van der Waals surface area (Å²) < 4.78 is 0. The van der Waals surface area contributed by atoms with Gasteiger partial charge in [-0.2, -0.15) is 11.8 Å².